The van der Waals surface area contributed by atoms with Gasteiger partial charge in [0, 0.05) is 37.6 Å². The van der Waals surface area contributed by atoms with Crippen molar-refractivity contribution in [2.24, 2.45) is 0 Å². The maximum absolute atomic E-state index is 12.2. The molecule has 1 N–H and O–H groups in total. The van der Waals surface area contributed by atoms with E-state index in [1.54, 1.807) is 33.0 Å². The zero-order chi connectivity index (χ0) is 20.3. The fourth-order valence-electron chi connectivity index (χ4n) is 3.05. The van der Waals surface area contributed by atoms with Gasteiger partial charge in [0.1, 0.15) is 18.2 Å². The van der Waals surface area contributed by atoms with E-state index in [-0.39, 0.29) is 0 Å². The van der Waals surface area contributed by atoms with Gasteiger partial charge in [-0.05, 0) is 19.9 Å². The highest BCUT2D eigenvalue weighted by molar-refractivity contribution is 5.92. The third kappa shape index (κ3) is 4.04. The van der Waals surface area contributed by atoms with Crippen LogP contribution in [-0.4, -0.2) is 78.7 Å². The third-order valence-electron chi connectivity index (χ3n) is 4.92. The number of hydrogen-bond donors (Lipinski definition) is 1. The van der Waals surface area contributed by atoms with Gasteiger partial charge in [0.15, 0.2) is 11.5 Å². The van der Waals surface area contributed by atoms with E-state index in [1.807, 2.05) is 12.1 Å². The number of methoxy groups -OCH3 is 2. The Morgan fingerprint density at radius 3 is 2.32 bits per heavy atom. The van der Waals surface area contributed by atoms with Crippen LogP contribution in [0, 0.1) is 0 Å². The molecule has 0 spiro atoms. The van der Waals surface area contributed by atoms with E-state index < -0.39 is 18.3 Å². The van der Waals surface area contributed by atoms with Crippen LogP contribution in [0.25, 0.3) is 10.9 Å². The van der Waals surface area contributed by atoms with Gasteiger partial charge in [0.2, 0.25) is 0 Å². The predicted molar refractivity (Wildman–Crippen MR) is 104 cm³/mol. The van der Waals surface area contributed by atoms with Crippen molar-refractivity contribution in [2.75, 3.05) is 45.3 Å². The van der Waals surface area contributed by atoms with Crippen molar-refractivity contribution in [1.82, 2.24) is 14.9 Å². The van der Waals surface area contributed by atoms with Crippen molar-refractivity contribution < 1.29 is 24.1 Å². The summed E-state index contributed by atoms with van der Waals surface area (Å²) >= 11 is 0. The van der Waals surface area contributed by atoms with Gasteiger partial charge in [-0.1, -0.05) is 0 Å². The number of ether oxygens (including phenoxy) is 3. The number of benzene rings is 1. The van der Waals surface area contributed by atoms with Crippen LogP contribution < -0.4 is 14.4 Å². The van der Waals surface area contributed by atoms with Crippen LogP contribution in [0.3, 0.4) is 0 Å². The number of hydrogen-bond acceptors (Lipinski definition) is 8. The number of piperazine rings is 1. The molecular weight excluding hydrogens is 364 g/mol. The summed E-state index contributed by atoms with van der Waals surface area (Å²) in [6.45, 7) is 5.50. The maximum Gasteiger partial charge on any atom is 0.410 e. The fraction of sp³-hybridized carbons (Fsp3) is 0.526. The molecule has 9 heteroatoms. The monoisotopic (exact) mass is 390 g/mol. The molecule has 2 unspecified atom stereocenters. The molecule has 0 bridgehead atoms. The Hall–Kier alpha value is -2.81. The Morgan fingerprint density at radius 2 is 1.71 bits per heavy atom. The molecule has 1 aliphatic heterocycles. The standard InChI is InChI=1S/C19H26N4O5/c1-12(24)13(2)28-19(25)23-7-5-22(6-8-23)18-14-9-16(26-3)17(27-4)10-15(14)20-11-21-18/h9-13,24H,5-8H2,1-4H3. The lowest BCUT2D eigenvalue weighted by molar-refractivity contribution is 0.00484. The van der Waals surface area contributed by atoms with Crippen LogP contribution in [-0.2, 0) is 4.74 Å². The molecule has 152 valence electrons. The molecule has 0 radical (unpaired) electrons. The molecule has 1 aromatic heterocycles. The van der Waals surface area contributed by atoms with Crippen LogP contribution in [0.1, 0.15) is 13.8 Å². The van der Waals surface area contributed by atoms with Crippen LogP contribution >= 0.6 is 0 Å². The molecule has 1 aliphatic rings. The molecule has 28 heavy (non-hydrogen) atoms. The summed E-state index contributed by atoms with van der Waals surface area (Å²) in [5, 5.41) is 10.4. The average molecular weight is 390 g/mol. The zero-order valence-corrected chi connectivity index (χ0v) is 16.6. The van der Waals surface area contributed by atoms with Crippen LogP contribution in [0.15, 0.2) is 18.5 Å². The highest BCUT2D eigenvalue weighted by atomic mass is 16.6. The first-order chi connectivity index (χ1) is 13.4. The minimum atomic E-state index is -0.704. The second-order valence-electron chi connectivity index (χ2n) is 6.73. The van der Waals surface area contributed by atoms with Gasteiger partial charge in [-0.25, -0.2) is 14.8 Å². The second-order valence-corrected chi connectivity index (χ2v) is 6.73. The van der Waals surface area contributed by atoms with Gasteiger partial charge in [0.05, 0.1) is 25.8 Å². The SMILES string of the molecule is COc1cc2ncnc(N3CCN(C(=O)OC(C)C(C)O)CC3)c2cc1OC. The largest absolute Gasteiger partial charge is 0.493 e. The smallest absolute Gasteiger partial charge is 0.410 e. The van der Waals surface area contributed by atoms with E-state index in [9.17, 15) is 9.90 Å². The molecule has 9 nitrogen and oxygen atoms in total. The Morgan fingerprint density at radius 1 is 1.07 bits per heavy atom. The molecule has 1 aromatic carbocycles. The lowest BCUT2D eigenvalue weighted by Crippen LogP contribution is -2.50. The lowest BCUT2D eigenvalue weighted by Gasteiger charge is -2.35. The van der Waals surface area contributed by atoms with Gasteiger partial charge in [-0.3, -0.25) is 0 Å². The molecule has 2 aromatic rings. The van der Waals surface area contributed by atoms with Crippen molar-refractivity contribution >= 4 is 22.8 Å². The summed E-state index contributed by atoms with van der Waals surface area (Å²) in [5.74, 6) is 2.01. The molecule has 0 saturated carbocycles. The second kappa shape index (κ2) is 8.47. The van der Waals surface area contributed by atoms with E-state index in [4.69, 9.17) is 14.2 Å². The van der Waals surface area contributed by atoms with Crippen LogP contribution in [0.2, 0.25) is 0 Å². The Bertz CT molecular complexity index is 836. The van der Waals surface area contributed by atoms with E-state index >= 15 is 0 Å². The molecular formula is C19H26N4O5. The molecule has 2 atom stereocenters. The maximum atomic E-state index is 12.2. The summed E-state index contributed by atoms with van der Waals surface area (Å²) in [4.78, 5) is 24.8. The Kier molecular flexibility index (Phi) is 6.03. The van der Waals surface area contributed by atoms with Crippen molar-refractivity contribution in [3.63, 3.8) is 0 Å². The average Bonchev–Trinajstić information content (AvgIpc) is 2.72. The first-order valence-electron chi connectivity index (χ1n) is 9.20. The molecule has 1 amide bonds. The molecule has 1 fully saturated rings. The van der Waals surface area contributed by atoms with E-state index in [1.165, 1.54) is 6.33 Å². The van der Waals surface area contributed by atoms with E-state index in [0.717, 1.165) is 16.7 Å². The van der Waals surface area contributed by atoms with E-state index in [2.05, 4.69) is 14.9 Å². The highest BCUT2D eigenvalue weighted by Gasteiger charge is 2.26. The molecule has 3 rings (SSSR count). The Balaban J connectivity index is 1.75. The lowest BCUT2D eigenvalue weighted by atomic mass is 10.2. The van der Waals surface area contributed by atoms with Crippen molar-refractivity contribution in [2.45, 2.75) is 26.1 Å². The molecule has 1 saturated heterocycles. The zero-order valence-electron chi connectivity index (χ0n) is 16.6. The number of aliphatic hydroxyl groups is 1. The highest BCUT2D eigenvalue weighted by Crippen LogP contribution is 2.34. The van der Waals surface area contributed by atoms with E-state index in [0.29, 0.717) is 37.7 Å². The number of fused-ring (bicyclic) bond motifs is 1. The Labute approximate surface area is 163 Å². The van der Waals surface area contributed by atoms with Gasteiger partial charge >= 0.3 is 6.09 Å². The molecule has 0 aliphatic carbocycles. The predicted octanol–water partition coefficient (Wildman–Crippen LogP) is 1.67. The molecule has 2 heterocycles. The minimum Gasteiger partial charge on any atom is -0.493 e. The first-order valence-corrected chi connectivity index (χ1v) is 9.20. The van der Waals surface area contributed by atoms with Crippen molar-refractivity contribution in [3.05, 3.63) is 18.5 Å². The number of nitrogens with zero attached hydrogens (tertiary/aromatic N) is 4. The summed E-state index contributed by atoms with van der Waals surface area (Å²) in [7, 11) is 3.17. The van der Waals surface area contributed by atoms with Gasteiger partial charge in [-0.2, -0.15) is 0 Å². The minimum absolute atomic E-state index is 0.410. The quantitative estimate of drug-likeness (QED) is 0.824. The summed E-state index contributed by atoms with van der Waals surface area (Å²) in [6, 6.07) is 3.69. The fourth-order valence-corrected chi connectivity index (χ4v) is 3.05. The number of carbonyl (C=O) groups is 1. The van der Waals surface area contributed by atoms with Gasteiger partial charge < -0.3 is 29.1 Å². The first kappa shape index (κ1) is 19.9. The number of amides is 1. The van der Waals surface area contributed by atoms with Crippen LogP contribution in [0.4, 0.5) is 10.6 Å². The summed E-state index contributed by atoms with van der Waals surface area (Å²) in [6.07, 6.45) is -0.135. The van der Waals surface area contributed by atoms with Crippen molar-refractivity contribution in [3.8, 4) is 11.5 Å². The number of aromatic nitrogens is 2. The summed E-state index contributed by atoms with van der Waals surface area (Å²) < 4.78 is 16.0. The topological polar surface area (TPSA) is 97.3 Å². The van der Waals surface area contributed by atoms with Gasteiger partial charge in [-0.15, -0.1) is 0 Å². The van der Waals surface area contributed by atoms with Crippen molar-refractivity contribution in [1.29, 1.82) is 0 Å². The normalized spacial score (nSPS) is 16.6. The number of rotatable bonds is 5. The van der Waals surface area contributed by atoms with Gasteiger partial charge in [0.25, 0.3) is 0 Å². The number of anilines is 1. The summed E-state index contributed by atoms with van der Waals surface area (Å²) in [5.41, 5.74) is 0.759. The number of carbonyl (C=O) groups excluding carboxylic acids is 1. The third-order valence-corrected chi connectivity index (χ3v) is 4.92. The van der Waals surface area contributed by atoms with Crippen LogP contribution in [0.5, 0.6) is 11.5 Å². The number of aliphatic hydroxyl groups excluding tert-OH is 1.